The fourth-order valence-corrected chi connectivity index (χ4v) is 3.33. The number of aromatic nitrogens is 6. The minimum Gasteiger partial charge on any atom is -0.385 e. The van der Waals surface area contributed by atoms with E-state index < -0.39 is 0 Å². The minimum atomic E-state index is -0.225. The van der Waals surface area contributed by atoms with Gasteiger partial charge in [0.05, 0.1) is 5.69 Å². The van der Waals surface area contributed by atoms with E-state index in [-0.39, 0.29) is 11.5 Å². The lowest BCUT2D eigenvalue weighted by molar-refractivity contribution is 0.171. The van der Waals surface area contributed by atoms with E-state index in [2.05, 4.69) is 31.8 Å². The number of aromatic amines is 2. The average molecular weight is 371 g/mol. The zero-order chi connectivity index (χ0) is 19.0. The van der Waals surface area contributed by atoms with Gasteiger partial charge in [-0.2, -0.15) is 0 Å². The van der Waals surface area contributed by atoms with Gasteiger partial charge in [0.2, 0.25) is 0 Å². The van der Waals surface area contributed by atoms with Gasteiger partial charge in [-0.3, -0.25) is 4.57 Å². The lowest BCUT2D eigenvalue weighted by Crippen LogP contribution is -2.22. The first kappa shape index (κ1) is 17.7. The second-order valence-electron chi connectivity index (χ2n) is 7.18. The second kappa shape index (κ2) is 7.15. The summed E-state index contributed by atoms with van der Waals surface area (Å²) in [7, 11) is 1.68. The van der Waals surface area contributed by atoms with Gasteiger partial charge in [0.1, 0.15) is 5.52 Å². The fourth-order valence-electron chi connectivity index (χ4n) is 3.33. The second-order valence-corrected chi connectivity index (χ2v) is 7.18. The van der Waals surface area contributed by atoms with E-state index in [1.54, 1.807) is 11.7 Å². The Morgan fingerprint density at radius 2 is 2.19 bits per heavy atom. The summed E-state index contributed by atoms with van der Waals surface area (Å²) in [6.07, 6.45) is 6.06. The van der Waals surface area contributed by atoms with E-state index in [1.165, 1.54) is 12.8 Å². The number of imidazole rings is 2. The molecule has 1 aliphatic carbocycles. The predicted octanol–water partition coefficient (Wildman–Crippen LogP) is 2.03. The summed E-state index contributed by atoms with van der Waals surface area (Å²) in [6, 6.07) is 0. The van der Waals surface area contributed by atoms with Gasteiger partial charge in [-0.15, -0.1) is 0 Å². The number of anilines is 1. The Bertz CT molecular complexity index is 999. The van der Waals surface area contributed by atoms with Crippen molar-refractivity contribution in [3.8, 4) is 11.6 Å². The van der Waals surface area contributed by atoms with Crippen molar-refractivity contribution in [2.75, 3.05) is 19.5 Å². The van der Waals surface area contributed by atoms with Crippen LogP contribution in [0.3, 0.4) is 0 Å². The number of nitrogens with zero attached hydrogens (tertiary/aromatic N) is 4. The van der Waals surface area contributed by atoms with Crippen LogP contribution in [0.25, 0.3) is 22.8 Å². The van der Waals surface area contributed by atoms with E-state index in [9.17, 15) is 4.79 Å². The molecule has 3 heterocycles. The number of nitrogens with one attached hydrogen (secondary N) is 2. The van der Waals surface area contributed by atoms with Crippen LogP contribution in [0.15, 0.2) is 11.0 Å². The first-order valence-corrected chi connectivity index (χ1v) is 9.41. The number of fused-ring (bicyclic) bond motifs is 1. The summed E-state index contributed by atoms with van der Waals surface area (Å²) in [5.74, 6) is 2.08. The molecule has 0 bridgehead atoms. The molecule has 1 fully saturated rings. The van der Waals surface area contributed by atoms with Crippen LogP contribution in [0.1, 0.15) is 44.2 Å². The van der Waals surface area contributed by atoms with Crippen molar-refractivity contribution in [3.63, 3.8) is 0 Å². The molecule has 0 spiro atoms. The molecular weight excluding hydrogens is 346 g/mol. The zero-order valence-corrected chi connectivity index (χ0v) is 15.7. The molecule has 144 valence electrons. The molecule has 0 aliphatic heterocycles. The van der Waals surface area contributed by atoms with Crippen LogP contribution in [-0.2, 0) is 11.3 Å². The summed E-state index contributed by atoms with van der Waals surface area (Å²) >= 11 is 0. The van der Waals surface area contributed by atoms with Crippen molar-refractivity contribution in [2.45, 2.75) is 45.1 Å². The Hall–Kier alpha value is -2.68. The third-order valence-electron chi connectivity index (χ3n) is 5.20. The molecule has 0 aromatic carbocycles. The lowest BCUT2D eigenvalue weighted by Gasteiger charge is -2.14. The van der Waals surface area contributed by atoms with Gasteiger partial charge in [0.25, 0.3) is 0 Å². The molecule has 9 heteroatoms. The molecule has 0 radical (unpaired) electrons. The van der Waals surface area contributed by atoms with Crippen LogP contribution in [0, 0.1) is 5.92 Å². The lowest BCUT2D eigenvalue weighted by atomic mass is 10.0. The summed E-state index contributed by atoms with van der Waals surface area (Å²) in [6.45, 7) is 3.33. The number of methoxy groups -OCH3 is 1. The molecule has 3 aromatic rings. The molecule has 0 amide bonds. The molecule has 1 aliphatic rings. The Labute approximate surface area is 156 Å². The van der Waals surface area contributed by atoms with E-state index in [0.29, 0.717) is 47.8 Å². The first-order valence-electron chi connectivity index (χ1n) is 9.41. The maximum Gasteiger partial charge on any atom is 0.327 e. The molecule has 1 saturated carbocycles. The molecule has 1 atom stereocenters. The first-order chi connectivity index (χ1) is 13.1. The molecule has 4 N–H and O–H groups in total. The Balaban J connectivity index is 1.72. The van der Waals surface area contributed by atoms with Crippen LogP contribution < -0.4 is 11.4 Å². The van der Waals surface area contributed by atoms with Gasteiger partial charge in [0.15, 0.2) is 23.1 Å². The number of rotatable bonds is 8. The van der Waals surface area contributed by atoms with Gasteiger partial charge in [-0.25, -0.2) is 19.7 Å². The Kier molecular flexibility index (Phi) is 4.69. The van der Waals surface area contributed by atoms with Crippen molar-refractivity contribution < 1.29 is 4.74 Å². The average Bonchev–Trinajstić information content (AvgIpc) is 3.31. The minimum absolute atomic E-state index is 0.225. The van der Waals surface area contributed by atoms with Crippen LogP contribution in [0.5, 0.6) is 0 Å². The highest BCUT2D eigenvalue weighted by Gasteiger charge is 2.27. The number of H-pyrrole nitrogens is 2. The van der Waals surface area contributed by atoms with Crippen molar-refractivity contribution in [1.82, 2.24) is 29.5 Å². The summed E-state index contributed by atoms with van der Waals surface area (Å²) in [4.78, 5) is 32.0. The van der Waals surface area contributed by atoms with E-state index in [1.807, 2.05) is 6.20 Å². The largest absolute Gasteiger partial charge is 0.385 e. The molecule has 0 saturated heterocycles. The molecule has 1 unspecified atom stereocenters. The van der Waals surface area contributed by atoms with Crippen LogP contribution in [0.4, 0.5) is 5.82 Å². The van der Waals surface area contributed by atoms with Gasteiger partial charge in [-0.05, 0) is 25.2 Å². The standard InChI is InChI=1S/C18H25N7O2/c1-3-10(6-7-27-2)9-25-17-13(22-18(25)26)14(19)23-16(24-17)15-20-8-12(21-15)11-4-5-11/h8,10-11H,3-7,9H2,1-2H3,(H,20,21)(H,22,26)(H2,19,23,24). The molecule has 27 heavy (non-hydrogen) atoms. The number of ether oxygens (including phenoxy) is 1. The molecule has 4 rings (SSSR count). The smallest absolute Gasteiger partial charge is 0.327 e. The third-order valence-corrected chi connectivity index (χ3v) is 5.20. The van der Waals surface area contributed by atoms with Gasteiger partial charge >= 0.3 is 5.69 Å². The Morgan fingerprint density at radius 3 is 2.89 bits per heavy atom. The highest BCUT2D eigenvalue weighted by molar-refractivity contribution is 5.83. The van der Waals surface area contributed by atoms with Crippen molar-refractivity contribution in [1.29, 1.82) is 0 Å². The third kappa shape index (κ3) is 3.46. The summed E-state index contributed by atoms with van der Waals surface area (Å²) in [5.41, 5.74) is 7.90. The van der Waals surface area contributed by atoms with Gasteiger partial charge in [0, 0.05) is 32.4 Å². The maximum atomic E-state index is 12.5. The number of nitrogen functional groups attached to an aromatic ring is 1. The van der Waals surface area contributed by atoms with Gasteiger partial charge < -0.3 is 20.4 Å². The van der Waals surface area contributed by atoms with Crippen molar-refractivity contribution in [2.24, 2.45) is 5.92 Å². The van der Waals surface area contributed by atoms with E-state index >= 15 is 0 Å². The van der Waals surface area contributed by atoms with Gasteiger partial charge in [-0.1, -0.05) is 13.3 Å². The topological polar surface area (TPSA) is 127 Å². The molecule has 3 aromatic heterocycles. The monoisotopic (exact) mass is 371 g/mol. The summed E-state index contributed by atoms with van der Waals surface area (Å²) < 4.78 is 6.82. The highest BCUT2D eigenvalue weighted by atomic mass is 16.5. The normalized spacial score (nSPS) is 15.5. The van der Waals surface area contributed by atoms with Crippen molar-refractivity contribution >= 4 is 17.0 Å². The highest BCUT2D eigenvalue weighted by Crippen LogP contribution is 2.39. The van der Waals surface area contributed by atoms with Crippen LogP contribution in [0.2, 0.25) is 0 Å². The SMILES string of the molecule is CCC(CCOC)Cn1c(=O)[nH]c2c(N)nc(-c3nc(C4CC4)c[nH]3)nc21. The maximum absolute atomic E-state index is 12.5. The summed E-state index contributed by atoms with van der Waals surface area (Å²) in [5, 5.41) is 0. The zero-order valence-electron chi connectivity index (χ0n) is 15.7. The Morgan fingerprint density at radius 1 is 1.37 bits per heavy atom. The predicted molar refractivity (Wildman–Crippen MR) is 102 cm³/mol. The van der Waals surface area contributed by atoms with Crippen LogP contribution in [-0.4, -0.2) is 43.2 Å². The van der Waals surface area contributed by atoms with Crippen molar-refractivity contribution in [3.05, 3.63) is 22.4 Å². The van der Waals surface area contributed by atoms with E-state index in [4.69, 9.17) is 10.5 Å². The van der Waals surface area contributed by atoms with Crippen LogP contribution >= 0.6 is 0 Å². The number of hydrogen-bond acceptors (Lipinski definition) is 6. The number of hydrogen-bond donors (Lipinski definition) is 3. The fraction of sp³-hybridized carbons (Fsp3) is 0.556. The quantitative estimate of drug-likeness (QED) is 0.556. The molecule has 9 nitrogen and oxygen atoms in total. The number of nitrogens with two attached hydrogens (primary N) is 1. The molecular formula is C18H25N7O2. The van der Waals surface area contributed by atoms with E-state index in [0.717, 1.165) is 18.5 Å².